The van der Waals surface area contributed by atoms with Gasteiger partial charge in [-0.15, -0.1) is 0 Å². The molecule has 2 aromatic rings. The number of hydrogen-bond acceptors (Lipinski definition) is 4. The average molecular weight is 314 g/mol. The molecule has 23 heavy (non-hydrogen) atoms. The molecule has 0 unspecified atom stereocenters. The summed E-state index contributed by atoms with van der Waals surface area (Å²) in [6.45, 7) is 1.96. The van der Waals surface area contributed by atoms with Gasteiger partial charge in [-0.05, 0) is 17.5 Å². The van der Waals surface area contributed by atoms with Crippen molar-refractivity contribution in [1.29, 1.82) is 0 Å². The molecule has 0 fully saturated rings. The number of amides is 1. The summed E-state index contributed by atoms with van der Waals surface area (Å²) < 4.78 is 5.13. The van der Waals surface area contributed by atoms with E-state index in [1.165, 1.54) is 25.3 Å². The molecule has 120 valence electrons. The third-order valence-corrected chi connectivity index (χ3v) is 3.53. The van der Waals surface area contributed by atoms with Crippen LogP contribution in [0.15, 0.2) is 48.5 Å². The Morgan fingerprint density at radius 1 is 1.26 bits per heavy atom. The van der Waals surface area contributed by atoms with Gasteiger partial charge in [-0.2, -0.15) is 0 Å². The van der Waals surface area contributed by atoms with E-state index >= 15 is 0 Å². The fourth-order valence-corrected chi connectivity index (χ4v) is 2.29. The summed E-state index contributed by atoms with van der Waals surface area (Å²) in [5, 5.41) is 13.5. The number of anilines is 1. The molecule has 0 bridgehead atoms. The first kappa shape index (κ1) is 16.5. The maximum atomic E-state index is 12.2. The maximum absolute atomic E-state index is 12.2. The Bertz CT molecular complexity index is 701. The average Bonchev–Trinajstić information content (AvgIpc) is 2.55. The summed E-state index contributed by atoms with van der Waals surface area (Å²) in [6, 6.07) is 13.8. The largest absolute Gasteiger partial charge is 0.495 e. The number of carbonyl (C=O) groups is 1. The van der Waals surface area contributed by atoms with E-state index in [1.54, 1.807) is 0 Å². The highest BCUT2D eigenvalue weighted by Gasteiger charge is 2.16. The van der Waals surface area contributed by atoms with Gasteiger partial charge < -0.3 is 10.1 Å². The number of hydrogen-bond donors (Lipinski definition) is 1. The first-order valence-corrected chi connectivity index (χ1v) is 7.18. The van der Waals surface area contributed by atoms with Crippen LogP contribution in [0.5, 0.6) is 5.75 Å². The summed E-state index contributed by atoms with van der Waals surface area (Å²) >= 11 is 0. The monoisotopic (exact) mass is 314 g/mol. The van der Waals surface area contributed by atoms with Crippen LogP contribution in [0.4, 0.5) is 11.4 Å². The van der Waals surface area contributed by atoms with Crippen LogP contribution in [0, 0.1) is 10.1 Å². The lowest BCUT2D eigenvalue weighted by Crippen LogP contribution is -2.15. The van der Waals surface area contributed by atoms with Crippen LogP contribution in [0.25, 0.3) is 0 Å². The van der Waals surface area contributed by atoms with Crippen molar-refractivity contribution in [1.82, 2.24) is 0 Å². The highest BCUT2D eigenvalue weighted by molar-refractivity contribution is 5.93. The van der Waals surface area contributed by atoms with E-state index in [9.17, 15) is 14.9 Å². The second-order valence-electron chi connectivity index (χ2n) is 5.21. The Morgan fingerprint density at radius 2 is 1.96 bits per heavy atom. The molecular weight excluding hydrogens is 296 g/mol. The Hall–Kier alpha value is -2.89. The number of nitro benzene ring substituents is 1. The number of carbonyl (C=O) groups excluding carboxylic acids is 1. The zero-order chi connectivity index (χ0) is 16.8. The summed E-state index contributed by atoms with van der Waals surface area (Å²) in [7, 11) is 1.45. The molecule has 0 aliphatic carbocycles. The smallest absolute Gasteiger partial charge is 0.271 e. The van der Waals surface area contributed by atoms with Gasteiger partial charge in [-0.3, -0.25) is 14.9 Å². The summed E-state index contributed by atoms with van der Waals surface area (Å²) in [4.78, 5) is 22.6. The van der Waals surface area contributed by atoms with Crippen molar-refractivity contribution in [3.05, 3.63) is 64.2 Å². The topological polar surface area (TPSA) is 81.5 Å². The van der Waals surface area contributed by atoms with Gasteiger partial charge in [0.15, 0.2) is 0 Å². The molecule has 1 N–H and O–H groups in total. The molecule has 6 nitrogen and oxygen atoms in total. The Labute approximate surface area is 134 Å². The van der Waals surface area contributed by atoms with E-state index in [1.807, 2.05) is 37.3 Å². The Balaban J connectivity index is 2.10. The second kappa shape index (κ2) is 7.40. The lowest BCUT2D eigenvalue weighted by molar-refractivity contribution is -0.384. The highest BCUT2D eigenvalue weighted by Crippen LogP contribution is 2.29. The molecule has 0 spiro atoms. The van der Waals surface area contributed by atoms with Crippen molar-refractivity contribution in [2.75, 3.05) is 12.4 Å². The van der Waals surface area contributed by atoms with Crippen molar-refractivity contribution in [2.45, 2.75) is 19.3 Å². The number of nitrogens with one attached hydrogen (secondary N) is 1. The second-order valence-corrected chi connectivity index (χ2v) is 5.21. The zero-order valence-corrected chi connectivity index (χ0v) is 13.0. The van der Waals surface area contributed by atoms with Crippen LogP contribution < -0.4 is 10.1 Å². The Kier molecular flexibility index (Phi) is 5.30. The number of nitrogens with zero attached hydrogens (tertiary/aromatic N) is 1. The van der Waals surface area contributed by atoms with Crippen LogP contribution in [-0.2, 0) is 4.79 Å². The number of benzene rings is 2. The SMILES string of the molecule is COc1ccc([N+](=O)[O-])cc1NC(=O)C[C@H](C)c1ccccc1. The molecule has 1 amide bonds. The molecule has 0 aromatic heterocycles. The normalized spacial score (nSPS) is 11.6. The minimum absolute atomic E-state index is 0.0425. The summed E-state index contributed by atoms with van der Waals surface area (Å²) in [6.07, 6.45) is 0.274. The Morgan fingerprint density at radius 3 is 2.57 bits per heavy atom. The molecule has 6 heteroatoms. The lowest BCUT2D eigenvalue weighted by atomic mass is 9.97. The van der Waals surface area contributed by atoms with Crippen molar-refractivity contribution in [3.8, 4) is 5.75 Å². The minimum Gasteiger partial charge on any atom is -0.495 e. The van der Waals surface area contributed by atoms with Crippen LogP contribution in [0.2, 0.25) is 0 Å². The van der Waals surface area contributed by atoms with E-state index in [4.69, 9.17) is 4.74 Å². The molecular formula is C17H18N2O4. The lowest BCUT2D eigenvalue weighted by Gasteiger charge is -2.13. The van der Waals surface area contributed by atoms with Crippen molar-refractivity contribution in [3.63, 3.8) is 0 Å². The molecule has 0 heterocycles. The number of non-ortho nitro benzene ring substituents is 1. The van der Waals surface area contributed by atoms with Gasteiger partial charge in [0, 0.05) is 18.6 Å². The third kappa shape index (κ3) is 4.29. The van der Waals surface area contributed by atoms with E-state index < -0.39 is 4.92 Å². The van der Waals surface area contributed by atoms with Crippen LogP contribution in [-0.4, -0.2) is 17.9 Å². The molecule has 2 aromatic carbocycles. The third-order valence-electron chi connectivity index (χ3n) is 3.53. The van der Waals surface area contributed by atoms with Gasteiger partial charge in [0.25, 0.3) is 5.69 Å². The van der Waals surface area contributed by atoms with Crippen LogP contribution in [0.1, 0.15) is 24.8 Å². The van der Waals surface area contributed by atoms with E-state index in [0.29, 0.717) is 11.4 Å². The molecule has 1 atom stereocenters. The van der Waals surface area contributed by atoms with Crippen molar-refractivity contribution < 1.29 is 14.5 Å². The number of methoxy groups -OCH3 is 1. The van der Waals surface area contributed by atoms with Crippen LogP contribution >= 0.6 is 0 Å². The molecule has 0 radical (unpaired) electrons. The fourth-order valence-electron chi connectivity index (χ4n) is 2.29. The zero-order valence-electron chi connectivity index (χ0n) is 13.0. The van der Waals surface area contributed by atoms with Gasteiger partial charge >= 0.3 is 0 Å². The van der Waals surface area contributed by atoms with E-state index in [0.717, 1.165) is 5.56 Å². The van der Waals surface area contributed by atoms with Crippen LogP contribution in [0.3, 0.4) is 0 Å². The van der Waals surface area contributed by atoms with Gasteiger partial charge in [0.1, 0.15) is 5.75 Å². The standard InChI is InChI=1S/C17H18N2O4/c1-12(13-6-4-3-5-7-13)10-17(20)18-15-11-14(19(21)22)8-9-16(15)23-2/h3-9,11-12H,10H2,1-2H3,(H,18,20)/t12-/m0/s1. The predicted octanol–water partition coefficient (Wildman–Crippen LogP) is 3.74. The molecule has 0 saturated heterocycles. The van der Waals surface area contributed by atoms with Gasteiger partial charge in [-0.25, -0.2) is 0 Å². The minimum atomic E-state index is -0.512. The number of ether oxygens (including phenoxy) is 1. The first-order valence-electron chi connectivity index (χ1n) is 7.18. The van der Waals surface area contributed by atoms with Gasteiger partial charge in [0.05, 0.1) is 17.7 Å². The molecule has 2 rings (SSSR count). The quantitative estimate of drug-likeness (QED) is 0.650. The van der Waals surface area contributed by atoms with Crippen molar-refractivity contribution >= 4 is 17.3 Å². The van der Waals surface area contributed by atoms with E-state index in [2.05, 4.69) is 5.32 Å². The van der Waals surface area contributed by atoms with Gasteiger partial charge in [-0.1, -0.05) is 37.3 Å². The predicted molar refractivity (Wildman–Crippen MR) is 87.8 cm³/mol. The van der Waals surface area contributed by atoms with Gasteiger partial charge in [0.2, 0.25) is 5.91 Å². The van der Waals surface area contributed by atoms with Crippen molar-refractivity contribution in [2.24, 2.45) is 0 Å². The van der Waals surface area contributed by atoms with E-state index in [-0.39, 0.29) is 23.9 Å². The molecule has 0 saturated carbocycles. The summed E-state index contributed by atoms with van der Waals surface area (Å²) in [5.74, 6) is 0.206. The highest BCUT2D eigenvalue weighted by atomic mass is 16.6. The summed E-state index contributed by atoms with van der Waals surface area (Å²) in [5.41, 5.74) is 1.26. The maximum Gasteiger partial charge on any atom is 0.271 e. The fraction of sp³-hybridized carbons (Fsp3) is 0.235. The molecule has 0 aliphatic heterocycles. The first-order chi connectivity index (χ1) is 11.0. The number of nitro groups is 1. The molecule has 0 aliphatic rings. The number of rotatable bonds is 6.